The summed E-state index contributed by atoms with van der Waals surface area (Å²) in [4.78, 5) is 13.9. The van der Waals surface area contributed by atoms with Crippen LogP contribution in [0.4, 0.5) is 0 Å². The highest BCUT2D eigenvalue weighted by molar-refractivity contribution is 14.1. The first-order chi connectivity index (χ1) is 9.49. The van der Waals surface area contributed by atoms with E-state index in [0.717, 1.165) is 9.13 Å². The first-order valence-electron chi connectivity index (χ1n) is 5.96. The minimum atomic E-state index is -0.235. The molecule has 5 heteroatoms. The number of benzene rings is 2. The summed E-state index contributed by atoms with van der Waals surface area (Å²) < 4.78 is 0.898. The average molecular weight is 402 g/mol. The fourth-order valence-electron chi connectivity index (χ4n) is 1.84. The van der Waals surface area contributed by atoms with Crippen LogP contribution in [-0.4, -0.2) is 23.0 Å². The van der Waals surface area contributed by atoms with Gasteiger partial charge in [0, 0.05) is 22.2 Å². The van der Waals surface area contributed by atoms with Gasteiger partial charge in [0.15, 0.2) is 0 Å². The Balaban J connectivity index is 2.21. The number of aromatic hydroxyl groups is 1. The third-order valence-corrected chi connectivity index (χ3v) is 3.94. The zero-order valence-corrected chi connectivity index (χ0v) is 13.7. The zero-order chi connectivity index (χ0) is 14.7. The predicted octanol–water partition coefficient (Wildman–Crippen LogP) is 3.92. The van der Waals surface area contributed by atoms with Crippen molar-refractivity contribution in [1.82, 2.24) is 4.90 Å². The molecule has 0 spiro atoms. The Morgan fingerprint density at radius 1 is 1.30 bits per heavy atom. The number of carbonyl (C=O) groups is 1. The molecule has 0 bridgehead atoms. The Morgan fingerprint density at radius 2 is 2.00 bits per heavy atom. The highest BCUT2D eigenvalue weighted by Crippen LogP contribution is 2.23. The fraction of sp³-hybridized carbons (Fsp3) is 0.133. The maximum absolute atomic E-state index is 12.4. The maximum atomic E-state index is 12.4. The number of carbonyl (C=O) groups excluding carboxylic acids is 1. The van der Waals surface area contributed by atoms with E-state index >= 15 is 0 Å². The van der Waals surface area contributed by atoms with E-state index in [1.54, 1.807) is 25.2 Å². The van der Waals surface area contributed by atoms with Gasteiger partial charge in [-0.15, -0.1) is 0 Å². The second-order valence-corrected chi connectivity index (χ2v) is 6.07. The molecule has 2 aromatic carbocycles. The summed E-state index contributed by atoms with van der Waals surface area (Å²) in [6.07, 6.45) is 0. The van der Waals surface area contributed by atoms with Gasteiger partial charge in [-0.25, -0.2) is 0 Å². The lowest BCUT2D eigenvalue weighted by atomic mass is 10.1. The van der Waals surface area contributed by atoms with Crippen LogP contribution >= 0.6 is 34.2 Å². The highest BCUT2D eigenvalue weighted by Gasteiger charge is 2.17. The monoisotopic (exact) mass is 401 g/mol. The first-order valence-corrected chi connectivity index (χ1v) is 7.42. The fourth-order valence-corrected chi connectivity index (χ4v) is 2.53. The molecule has 0 heterocycles. The number of nitrogens with zero attached hydrogens (tertiary/aromatic N) is 1. The van der Waals surface area contributed by atoms with Gasteiger partial charge < -0.3 is 10.0 Å². The van der Waals surface area contributed by atoms with Gasteiger partial charge in [0.05, 0.1) is 5.56 Å². The number of hydrogen-bond donors (Lipinski definition) is 1. The van der Waals surface area contributed by atoms with Crippen LogP contribution in [0.5, 0.6) is 5.75 Å². The van der Waals surface area contributed by atoms with Gasteiger partial charge in [-0.05, 0) is 52.4 Å². The molecule has 0 aliphatic heterocycles. The third-order valence-electron chi connectivity index (χ3n) is 2.90. The lowest BCUT2D eigenvalue weighted by Gasteiger charge is -2.18. The smallest absolute Gasteiger partial charge is 0.257 e. The number of halogens is 2. The molecule has 2 aromatic rings. The number of hydrogen-bond acceptors (Lipinski definition) is 2. The molecule has 0 saturated carbocycles. The molecule has 1 amide bonds. The number of amides is 1. The van der Waals surface area contributed by atoms with Crippen molar-refractivity contribution in [1.29, 1.82) is 0 Å². The predicted molar refractivity (Wildman–Crippen MR) is 88.1 cm³/mol. The van der Waals surface area contributed by atoms with Crippen LogP contribution in [-0.2, 0) is 6.54 Å². The van der Waals surface area contributed by atoms with E-state index in [1.165, 1.54) is 11.0 Å². The average Bonchev–Trinajstić information content (AvgIpc) is 2.43. The summed E-state index contributed by atoms with van der Waals surface area (Å²) >= 11 is 8.19. The molecule has 0 aromatic heterocycles. The lowest BCUT2D eigenvalue weighted by molar-refractivity contribution is 0.0782. The Bertz CT molecular complexity index is 646. The van der Waals surface area contributed by atoms with Crippen LogP contribution in [0.25, 0.3) is 0 Å². The van der Waals surface area contributed by atoms with Crippen LogP contribution in [0, 0.1) is 3.57 Å². The molecule has 3 nitrogen and oxygen atoms in total. The molecule has 0 unspecified atom stereocenters. The van der Waals surface area contributed by atoms with E-state index < -0.39 is 0 Å². The SMILES string of the molecule is CN(Cc1ccccc1Cl)C(=O)c1cc(I)ccc1O. The lowest BCUT2D eigenvalue weighted by Crippen LogP contribution is -2.26. The van der Waals surface area contributed by atoms with Crippen LogP contribution in [0.15, 0.2) is 42.5 Å². The summed E-state index contributed by atoms with van der Waals surface area (Å²) in [7, 11) is 1.69. The minimum absolute atomic E-state index is 0.0126. The van der Waals surface area contributed by atoms with E-state index in [4.69, 9.17) is 11.6 Å². The van der Waals surface area contributed by atoms with Crippen LogP contribution in [0.3, 0.4) is 0 Å². The quantitative estimate of drug-likeness (QED) is 0.792. The van der Waals surface area contributed by atoms with Crippen LogP contribution < -0.4 is 0 Å². The number of rotatable bonds is 3. The van der Waals surface area contributed by atoms with Crippen molar-refractivity contribution >= 4 is 40.1 Å². The van der Waals surface area contributed by atoms with Gasteiger partial charge in [-0.1, -0.05) is 29.8 Å². The first kappa shape index (κ1) is 15.1. The normalized spacial score (nSPS) is 10.3. The largest absolute Gasteiger partial charge is 0.507 e. The van der Waals surface area contributed by atoms with E-state index in [2.05, 4.69) is 22.6 Å². The van der Waals surface area contributed by atoms with Gasteiger partial charge in [0.25, 0.3) is 5.91 Å². The van der Waals surface area contributed by atoms with Gasteiger partial charge in [-0.2, -0.15) is 0 Å². The van der Waals surface area contributed by atoms with E-state index in [0.29, 0.717) is 17.1 Å². The van der Waals surface area contributed by atoms with E-state index in [-0.39, 0.29) is 11.7 Å². The van der Waals surface area contributed by atoms with Crippen molar-refractivity contribution < 1.29 is 9.90 Å². The summed E-state index contributed by atoms with van der Waals surface area (Å²) in [5.74, 6) is -0.248. The van der Waals surface area contributed by atoms with Crippen molar-refractivity contribution in [2.24, 2.45) is 0 Å². The summed E-state index contributed by atoms with van der Waals surface area (Å²) in [6, 6.07) is 12.3. The van der Waals surface area contributed by atoms with Gasteiger partial charge in [-0.3, -0.25) is 4.79 Å². The van der Waals surface area contributed by atoms with Crippen LogP contribution in [0.1, 0.15) is 15.9 Å². The van der Waals surface area contributed by atoms with Crippen LogP contribution in [0.2, 0.25) is 5.02 Å². The van der Waals surface area contributed by atoms with Crippen molar-refractivity contribution in [2.75, 3.05) is 7.05 Å². The van der Waals surface area contributed by atoms with E-state index in [9.17, 15) is 9.90 Å². The number of phenolic OH excluding ortho intramolecular Hbond substituents is 1. The standard InChI is InChI=1S/C15H13ClINO2/c1-18(9-10-4-2-3-5-13(10)16)15(20)12-8-11(17)6-7-14(12)19/h2-8,19H,9H2,1H3. The van der Waals surface area contributed by atoms with Crippen molar-refractivity contribution in [3.8, 4) is 5.75 Å². The molecule has 104 valence electrons. The molecule has 0 aliphatic carbocycles. The summed E-state index contributed by atoms with van der Waals surface area (Å²) in [5.41, 5.74) is 1.17. The maximum Gasteiger partial charge on any atom is 0.257 e. The molecule has 0 aliphatic rings. The second-order valence-electron chi connectivity index (χ2n) is 4.41. The molecule has 0 saturated heterocycles. The Kier molecular flexibility index (Phi) is 4.88. The summed E-state index contributed by atoms with van der Waals surface area (Å²) in [5, 5.41) is 10.4. The van der Waals surface area contributed by atoms with Crippen molar-refractivity contribution in [2.45, 2.75) is 6.54 Å². The third kappa shape index (κ3) is 3.43. The molecule has 2 rings (SSSR count). The van der Waals surface area contributed by atoms with Gasteiger partial charge in [0.2, 0.25) is 0 Å². The minimum Gasteiger partial charge on any atom is -0.507 e. The van der Waals surface area contributed by atoms with Gasteiger partial charge in [0.1, 0.15) is 5.75 Å². The molecule has 0 radical (unpaired) electrons. The topological polar surface area (TPSA) is 40.5 Å². The Morgan fingerprint density at radius 3 is 2.70 bits per heavy atom. The zero-order valence-electron chi connectivity index (χ0n) is 10.8. The molecular formula is C15H13ClINO2. The second kappa shape index (κ2) is 6.45. The molecule has 20 heavy (non-hydrogen) atoms. The van der Waals surface area contributed by atoms with Gasteiger partial charge >= 0.3 is 0 Å². The summed E-state index contributed by atoms with van der Waals surface area (Å²) in [6.45, 7) is 0.392. The Hall–Kier alpha value is -1.27. The molecular weight excluding hydrogens is 389 g/mol. The molecule has 1 N–H and O–H groups in total. The molecule has 0 atom stereocenters. The van der Waals surface area contributed by atoms with Crippen molar-refractivity contribution in [3.05, 3.63) is 62.2 Å². The molecule has 0 fully saturated rings. The van der Waals surface area contributed by atoms with E-state index in [1.807, 2.05) is 18.2 Å². The van der Waals surface area contributed by atoms with Crippen molar-refractivity contribution in [3.63, 3.8) is 0 Å². The highest BCUT2D eigenvalue weighted by atomic mass is 127. The Labute approximate surface area is 136 Å². The number of phenols is 1.